The number of hydrogen-bond donors (Lipinski definition) is 1. The van der Waals surface area contributed by atoms with Gasteiger partial charge in [-0.05, 0) is 18.9 Å². The molecule has 1 heterocycles. The van der Waals surface area contributed by atoms with Gasteiger partial charge in [-0.15, -0.1) is 0 Å². The molecule has 1 unspecified atom stereocenters. The van der Waals surface area contributed by atoms with E-state index in [2.05, 4.69) is 27.4 Å². The minimum Gasteiger partial charge on any atom is -0.382 e. The minimum absolute atomic E-state index is 0.0990. The number of nitrogens with zero attached hydrogens (tertiary/aromatic N) is 2. The Bertz CT molecular complexity index is 361. The highest BCUT2D eigenvalue weighted by Gasteiger charge is 2.17. The van der Waals surface area contributed by atoms with Crippen LogP contribution in [-0.4, -0.2) is 43.3 Å². The van der Waals surface area contributed by atoms with Crippen molar-refractivity contribution in [3.05, 3.63) is 18.0 Å². The van der Waals surface area contributed by atoms with Crippen LogP contribution >= 0.6 is 0 Å². The molecule has 0 aromatic carbocycles. The zero-order chi connectivity index (χ0) is 13.5. The van der Waals surface area contributed by atoms with Crippen LogP contribution in [0, 0.1) is 0 Å². The SMILES string of the molecule is COCC(CNCc1ccn(C2CCCC2)n1)OC. The molecule has 2 rings (SSSR count). The maximum atomic E-state index is 5.30. The van der Waals surface area contributed by atoms with Crippen molar-refractivity contribution in [1.29, 1.82) is 0 Å². The minimum atomic E-state index is 0.0990. The molecule has 1 atom stereocenters. The van der Waals surface area contributed by atoms with Gasteiger partial charge in [-0.1, -0.05) is 12.8 Å². The fourth-order valence-corrected chi connectivity index (χ4v) is 2.60. The first-order valence-corrected chi connectivity index (χ1v) is 7.10. The molecule has 0 spiro atoms. The summed E-state index contributed by atoms with van der Waals surface area (Å²) in [6, 6.07) is 2.72. The lowest BCUT2D eigenvalue weighted by Gasteiger charge is -2.14. The number of rotatable bonds is 8. The van der Waals surface area contributed by atoms with Gasteiger partial charge in [0.1, 0.15) is 0 Å². The summed E-state index contributed by atoms with van der Waals surface area (Å²) in [6.45, 7) is 2.17. The summed E-state index contributed by atoms with van der Waals surface area (Å²) in [5.41, 5.74) is 1.10. The molecule has 5 nitrogen and oxygen atoms in total. The van der Waals surface area contributed by atoms with Gasteiger partial charge in [0.05, 0.1) is 24.4 Å². The zero-order valence-electron chi connectivity index (χ0n) is 12.0. The summed E-state index contributed by atoms with van der Waals surface area (Å²) in [4.78, 5) is 0. The molecule has 0 bridgehead atoms. The van der Waals surface area contributed by atoms with Crippen LogP contribution in [0.25, 0.3) is 0 Å². The van der Waals surface area contributed by atoms with Gasteiger partial charge in [0.25, 0.3) is 0 Å². The second-order valence-electron chi connectivity index (χ2n) is 5.17. The van der Waals surface area contributed by atoms with Gasteiger partial charge < -0.3 is 14.8 Å². The van der Waals surface area contributed by atoms with E-state index in [-0.39, 0.29) is 6.10 Å². The molecular weight excluding hydrogens is 242 g/mol. The van der Waals surface area contributed by atoms with Gasteiger partial charge in [0.15, 0.2) is 0 Å². The summed E-state index contributed by atoms with van der Waals surface area (Å²) in [6.07, 6.45) is 7.43. The fourth-order valence-electron chi connectivity index (χ4n) is 2.60. The molecule has 1 fully saturated rings. The van der Waals surface area contributed by atoms with Crippen LogP contribution in [0.5, 0.6) is 0 Å². The van der Waals surface area contributed by atoms with Gasteiger partial charge in [-0.3, -0.25) is 4.68 Å². The second kappa shape index (κ2) is 7.62. The Morgan fingerprint density at radius 2 is 2.21 bits per heavy atom. The van der Waals surface area contributed by atoms with E-state index in [9.17, 15) is 0 Å². The molecule has 1 aromatic heterocycles. The third kappa shape index (κ3) is 4.30. The van der Waals surface area contributed by atoms with Crippen molar-refractivity contribution in [2.24, 2.45) is 0 Å². The van der Waals surface area contributed by atoms with E-state index in [1.54, 1.807) is 14.2 Å². The average Bonchev–Trinajstić information content (AvgIpc) is 3.08. The fraction of sp³-hybridized carbons (Fsp3) is 0.786. The van der Waals surface area contributed by atoms with E-state index in [0.717, 1.165) is 18.8 Å². The molecule has 0 aliphatic heterocycles. The summed E-state index contributed by atoms with van der Waals surface area (Å²) in [5.74, 6) is 0. The van der Waals surface area contributed by atoms with E-state index in [0.29, 0.717) is 12.6 Å². The zero-order valence-corrected chi connectivity index (χ0v) is 12.0. The van der Waals surface area contributed by atoms with Crippen molar-refractivity contribution in [2.75, 3.05) is 27.4 Å². The van der Waals surface area contributed by atoms with Crippen LogP contribution in [0.15, 0.2) is 12.3 Å². The van der Waals surface area contributed by atoms with Crippen molar-refractivity contribution in [1.82, 2.24) is 15.1 Å². The van der Waals surface area contributed by atoms with Gasteiger partial charge in [0.2, 0.25) is 0 Å². The van der Waals surface area contributed by atoms with Gasteiger partial charge in [-0.2, -0.15) is 5.10 Å². The van der Waals surface area contributed by atoms with E-state index in [4.69, 9.17) is 9.47 Å². The van der Waals surface area contributed by atoms with Crippen molar-refractivity contribution in [3.8, 4) is 0 Å². The van der Waals surface area contributed by atoms with Crippen LogP contribution in [0.4, 0.5) is 0 Å². The number of aromatic nitrogens is 2. The van der Waals surface area contributed by atoms with Crippen molar-refractivity contribution < 1.29 is 9.47 Å². The molecule has 1 aromatic rings. The molecule has 0 amide bonds. The summed E-state index contributed by atoms with van der Waals surface area (Å²) < 4.78 is 12.5. The molecule has 1 aliphatic rings. The van der Waals surface area contributed by atoms with Crippen LogP contribution in [0.2, 0.25) is 0 Å². The number of nitrogens with one attached hydrogen (secondary N) is 1. The maximum Gasteiger partial charge on any atom is 0.0928 e. The number of hydrogen-bond acceptors (Lipinski definition) is 4. The van der Waals surface area contributed by atoms with Crippen molar-refractivity contribution in [3.63, 3.8) is 0 Å². The average molecular weight is 267 g/mol. The molecule has 1 N–H and O–H groups in total. The smallest absolute Gasteiger partial charge is 0.0928 e. The van der Waals surface area contributed by atoms with Gasteiger partial charge in [-0.25, -0.2) is 0 Å². The number of ether oxygens (including phenoxy) is 2. The van der Waals surface area contributed by atoms with E-state index < -0.39 is 0 Å². The van der Waals surface area contributed by atoms with Crippen LogP contribution in [0.1, 0.15) is 37.4 Å². The molecular formula is C14H25N3O2. The molecule has 1 saturated carbocycles. The van der Waals surface area contributed by atoms with E-state index in [1.165, 1.54) is 25.7 Å². The van der Waals surface area contributed by atoms with E-state index in [1.807, 2.05) is 0 Å². The van der Waals surface area contributed by atoms with Gasteiger partial charge >= 0.3 is 0 Å². The third-order valence-electron chi connectivity index (χ3n) is 3.73. The van der Waals surface area contributed by atoms with Crippen LogP contribution in [-0.2, 0) is 16.0 Å². The number of methoxy groups -OCH3 is 2. The molecule has 0 saturated heterocycles. The molecule has 1 aliphatic carbocycles. The van der Waals surface area contributed by atoms with Crippen molar-refractivity contribution >= 4 is 0 Å². The first-order chi connectivity index (χ1) is 9.33. The molecule has 19 heavy (non-hydrogen) atoms. The molecule has 108 valence electrons. The predicted octanol–water partition coefficient (Wildman–Crippen LogP) is 1.75. The quantitative estimate of drug-likeness (QED) is 0.779. The normalized spacial score (nSPS) is 18.0. The predicted molar refractivity (Wildman–Crippen MR) is 74.1 cm³/mol. The molecule has 0 radical (unpaired) electrons. The Balaban J connectivity index is 1.73. The lowest BCUT2D eigenvalue weighted by Crippen LogP contribution is -2.31. The Kier molecular flexibility index (Phi) is 5.82. The first kappa shape index (κ1) is 14.5. The third-order valence-corrected chi connectivity index (χ3v) is 3.73. The summed E-state index contributed by atoms with van der Waals surface area (Å²) in [5, 5.41) is 8.00. The lowest BCUT2D eigenvalue weighted by molar-refractivity contribution is 0.0287. The Morgan fingerprint density at radius 1 is 1.42 bits per heavy atom. The highest BCUT2D eigenvalue weighted by atomic mass is 16.5. The van der Waals surface area contributed by atoms with Crippen molar-refractivity contribution in [2.45, 2.75) is 44.4 Å². The monoisotopic (exact) mass is 267 g/mol. The topological polar surface area (TPSA) is 48.3 Å². The Hall–Kier alpha value is -0.910. The summed E-state index contributed by atoms with van der Waals surface area (Å²) >= 11 is 0. The largest absolute Gasteiger partial charge is 0.382 e. The van der Waals surface area contributed by atoms with Gasteiger partial charge in [0, 0.05) is 33.5 Å². The lowest BCUT2D eigenvalue weighted by atomic mass is 10.3. The second-order valence-corrected chi connectivity index (χ2v) is 5.17. The van der Waals surface area contributed by atoms with Crippen LogP contribution < -0.4 is 5.32 Å². The Morgan fingerprint density at radius 3 is 2.89 bits per heavy atom. The Labute approximate surface area is 115 Å². The van der Waals surface area contributed by atoms with Crippen LogP contribution in [0.3, 0.4) is 0 Å². The molecule has 5 heteroatoms. The highest BCUT2D eigenvalue weighted by molar-refractivity contribution is 5.00. The first-order valence-electron chi connectivity index (χ1n) is 7.10. The summed E-state index contributed by atoms with van der Waals surface area (Å²) in [7, 11) is 3.40. The maximum absolute atomic E-state index is 5.30. The standard InChI is InChI=1S/C14H25N3O2/c1-18-11-14(19-2)10-15-9-12-7-8-17(16-12)13-5-3-4-6-13/h7-8,13-15H,3-6,9-11H2,1-2H3. The highest BCUT2D eigenvalue weighted by Crippen LogP contribution is 2.28. The van der Waals surface area contributed by atoms with E-state index >= 15 is 0 Å².